The smallest absolute Gasteiger partial charge is 0.315 e. The topological polar surface area (TPSA) is 89.5 Å². The van der Waals surface area contributed by atoms with E-state index in [1.54, 1.807) is 61.7 Å². The molecule has 0 atom stereocenters. The van der Waals surface area contributed by atoms with Crippen LogP contribution in [0.5, 0.6) is 34.5 Å². The number of hydrogen-bond acceptors (Lipinski definition) is 8. The maximum absolute atomic E-state index is 12.9. The van der Waals surface area contributed by atoms with Crippen LogP contribution in [-0.4, -0.2) is 40.2 Å². The maximum Gasteiger partial charge on any atom is 0.315 e. The summed E-state index contributed by atoms with van der Waals surface area (Å²) in [4.78, 5) is 25.3. The van der Waals surface area contributed by atoms with Gasteiger partial charge in [-0.15, -0.1) is 0 Å². The molecule has 3 aromatic carbocycles. The maximum atomic E-state index is 12.9. The Morgan fingerprint density at radius 2 is 1.54 bits per heavy atom. The molecule has 1 aliphatic rings. The summed E-state index contributed by atoms with van der Waals surface area (Å²) < 4.78 is 32.5. The molecule has 0 saturated heterocycles. The normalized spacial score (nSPS) is 13.1. The summed E-state index contributed by atoms with van der Waals surface area (Å²) in [5, 5.41) is 0. The second-order valence-electron chi connectivity index (χ2n) is 7.52. The van der Waals surface area contributed by atoms with Gasteiger partial charge >= 0.3 is 5.97 Å². The van der Waals surface area contributed by atoms with Gasteiger partial charge in [-0.3, -0.25) is 9.59 Å². The van der Waals surface area contributed by atoms with Gasteiger partial charge in [-0.1, -0.05) is 12.1 Å². The molecule has 0 spiro atoms. The Bertz CT molecular complexity index is 1290. The Kier molecular flexibility index (Phi) is 6.91. The molecule has 0 saturated carbocycles. The van der Waals surface area contributed by atoms with Crippen LogP contribution < -0.4 is 28.4 Å². The zero-order valence-corrected chi connectivity index (χ0v) is 19.7. The minimum absolute atomic E-state index is 0.0884. The van der Waals surface area contributed by atoms with Crippen LogP contribution in [0.2, 0.25) is 0 Å². The van der Waals surface area contributed by atoms with Gasteiger partial charge in [-0.25, -0.2) is 0 Å². The first kappa shape index (κ1) is 23.7. The van der Waals surface area contributed by atoms with Crippen LogP contribution in [0.1, 0.15) is 21.5 Å². The fourth-order valence-electron chi connectivity index (χ4n) is 3.69. The monoisotopic (exact) mass is 476 g/mol. The number of rotatable bonds is 8. The fraction of sp³-hybridized carbons (Fsp3) is 0.185. The Morgan fingerprint density at radius 3 is 2.20 bits per heavy atom. The van der Waals surface area contributed by atoms with Crippen molar-refractivity contribution < 1.29 is 38.0 Å². The second kappa shape index (κ2) is 10.2. The number of carbonyl (C=O) groups excluding carboxylic acids is 2. The van der Waals surface area contributed by atoms with Crippen LogP contribution in [0.25, 0.3) is 6.08 Å². The van der Waals surface area contributed by atoms with Crippen molar-refractivity contribution in [3.63, 3.8) is 0 Å². The number of allylic oxidation sites excluding steroid dienone is 1. The average molecular weight is 476 g/mol. The lowest BCUT2D eigenvalue weighted by molar-refractivity contribution is -0.133. The lowest BCUT2D eigenvalue weighted by Crippen LogP contribution is -2.11. The number of esters is 1. The third-order valence-electron chi connectivity index (χ3n) is 5.40. The van der Waals surface area contributed by atoms with Gasteiger partial charge in [0.2, 0.25) is 11.5 Å². The Balaban J connectivity index is 1.52. The van der Waals surface area contributed by atoms with Crippen molar-refractivity contribution in [2.45, 2.75) is 6.42 Å². The van der Waals surface area contributed by atoms with Crippen LogP contribution in [0.15, 0.2) is 60.4 Å². The fourth-order valence-corrected chi connectivity index (χ4v) is 3.69. The van der Waals surface area contributed by atoms with E-state index in [0.717, 1.165) is 5.56 Å². The van der Waals surface area contributed by atoms with Gasteiger partial charge in [0.05, 0.1) is 40.4 Å². The van der Waals surface area contributed by atoms with Crippen molar-refractivity contribution >= 4 is 17.8 Å². The van der Waals surface area contributed by atoms with Crippen molar-refractivity contribution in [1.82, 2.24) is 0 Å². The molecule has 3 aromatic rings. The molecule has 35 heavy (non-hydrogen) atoms. The van der Waals surface area contributed by atoms with Gasteiger partial charge in [-0.2, -0.15) is 0 Å². The van der Waals surface area contributed by atoms with Gasteiger partial charge in [-0.05, 0) is 48.0 Å². The lowest BCUT2D eigenvalue weighted by Gasteiger charge is -2.14. The van der Waals surface area contributed by atoms with Crippen LogP contribution in [0, 0.1) is 0 Å². The Morgan fingerprint density at radius 1 is 0.829 bits per heavy atom. The predicted octanol–water partition coefficient (Wildman–Crippen LogP) is 4.49. The summed E-state index contributed by atoms with van der Waals surface area (Å²) in [6.45, 7) is 0. The van der Waals surface area contributed by atoms with E-state index in [2.05, 4.69) is 0 Å². The quantitative estimate of drug-likeness (QED) is 0.267. The molecule has 0 radical (unpaired) electrons. The van der Waals surface area contributed by atoms with Gasteiger partial charge < -0.3 is 28.4 Å². The number of carbonyl (C=O) groups is 2. The molecule has 0 N–H and O–H groups in total. The van der Waals surface area contributed by atoms with E-state index in [4.69, 9.17) is 28.4 Å². The highest BCUT2D eigenvalue weighted by atomic mass is 16.5. The van der Waals surface area contributed by atoms with Crippen molar-refractivity contribution in [3.8, 4) is 34.5 Å². The summed E-state index contributed by atoms with van der Waals surface area (Å²) in [7, 11) is 6.10. The number of ether oxygens (including phenoxy) is 6. The van der Waals surface area contributed by atoms with Gasteiger partial charge in [0, 0.05) is 11.6 Å². The molecule has 0 fully saturated rings. The van der Waals surface area contributed by atoms with Crippen molar-refractivity contribution in [3.05, 3.63) is 77.0 Å². The van der Waals surface area contributed by atoms with Crippen molar-refractivity contribution in [2.24, 2.45) is 0 Å². The third-order valence-corrected chi connectivity index (χ3v) is 5.40. The molecule has 0 aromatic heterocycles. The summed E-state index contributed by atoms with van der Waals surface area (Å²) in [6.07, 6.45) is 1.66. The van der Waals surface area contributed by atoms with E-state index in [0.29, 0.717) is 39.9 Å². The molecule has 4 rings (SSSR count). The Labute approximate surface area is 202 Å². The van der Waals surface area contributed by atoms with E-state index in [-0.39, 0.29) is 23.7 Å². The zero-order valence-electron chi connectivity index (χ0n) is 19.7. The summed E-state index contributed by atoms with van der Waals surface area (Å²) in [5.41, 5.74) is 1.73. The summed E-state index contributed by atoms with van der Waals surface area (Å²) in [5.74, 6) is 1.95. The van der Waals surface area contributed by atoms with Gasteiger partial charge in [0.15, 0.2) is 17.3 Å². The van der Waals surface area contributed by atoms with Crippen LogP contribution in [0.3, 0.4) is 0 Å². The molecule has 8 heteroatoms. The highest BCUT2D eigenvalue weighted by Gasteiger charge is 2.29. The highest BCUT2D eigenvalue weighted by Crippen LogP contribution is 2.42. The molecular weight excluding hydrogens is 452 g/mol. The summed E-state index contributed by atoms with van der Waals surface area (Å²) >= 11 is 0. The zero-order chi connectivity index (χ0) is 24.9. The van der Waals surface area contributed by atoms with Gasteiger partial charge in [0.1, 0.15) is 17.2 Å². The molecule has 0 aliphatic carbocycles. The molecule has 8 nitrogen and oxygen atoms in total. The molecular formula is C27H24O8. The highest BCUT2D eigenvalue weighted by molar-refractivity contribution is 6.14. The largest absolute Gasteiger partial charge is 0.497 e. The van der Waals surface area contributed by atoms with E-state index >= 15 is 0 Å². The van der Waals surface area contributed by atoms with E-state index in [1.165, 1.54) is 27.4 Å². The van der Waals surface area contributed by atoms with Crippen LogP contribution in [-0.2, 0) is 11.2 Å². The summed E-state index contributed by atoms with van der Waals surface area (Å²) in [6, 6.07) is 15.2. The van der Waals surface area contributed by atoms with E-state index in [1.807, 2.05) is 0 Å². The first-order chi connectivity index (χ1) is 17.0. The minimum atomic E-state index is -0.440. The number of methoxy groups -OCH3 is 4. The third kappa shape index (κ3) is 4.91. The van der Waals surface area contributed by atoms with E-state index < -0.39 is 5.97 Å². The number of fused-ring (bicyclic) bond motifs is 1. The molecule has 0 amide bonds. The van der Waals surface area contributed by atoms with Crippen molar-refractivity contribution in [2.75, 3.05) is 28.4 Å². The number of hydrogen-bond donors (Lipinski definition) is 0. The second-order valence-corrected chi connectivity index (χ2v) is 7.52. The standard InChI is InChI=1S/C27H24O8/c1-30-18-8-5-16(6-9-18)13-24(28)34-19-10-11-20-22(15-19)35-23(25(20)29)14-17-7-12-21(31-2)27(33-4)26(17)32-3/h5-12,14-15H,13H2,1-4H3/b23-14-. The SMILES string of the molecule is COc1ccc(CC(=O)Oc2ccc3c(c2)O/C(=C\c2ccc(OC)c(OC)c2OC)C3=O)cc1. The molecule has 1 aliphatic heterocycles. The van der Waals surface area contributed by atoms with Crippen LogP contribution in [0.4, 0.5) is 0 Å². The Hall–Kier alpha value is -4.46. The van der Waals surface area contributed by atoms with Gasteiger partial charge in [0.25, 0.3) is 0 Å². The molecule has 0 bridgehead atoms. The number of Topliss-reactive ketones (excluding diaryl/α,β-unsaturated/α-hetero) is 1. The lowest BCUT2D eigenvalue weighted by atomic mass is 10.1. The predicted molar refractivity (Wildman–Crippen MR) is 128 cm³/mol. The van der Waals surface area contributed by atoms with E-state index in [9.17, 15) is 9.59 Å². The first-order valence-corrected chi connectivity index (χ1v) is 10.7. The molecule has 0 unspecified atom stereocenters. The van der Waals surface area contributed by atoms with Crippen LogP contribution >= 0.6 is 0 Å². The number of ketones is 1. The molecule has 180 valence electrons. The van der Waals surface area contributed by atoms with Crippen molar-refractivity contribution in [1.29, 1.82) is 0 Å². The molecule has 1 heterocycles. The average Bonchev–Trinajstić information content (AvgIpc) is 3.18. The number of benzene rings is 3. The minimum Gasteiger partial charge on any atom is -0.497 e. The first-order valence-electron chi connectivity index (χ1n) is 10.7.